The summed E-state index contributed by atoms with van der Waals surface area (Å²) in [6.45, 7) is 3.86. The molecule has 0 aliphatic heterocycles. The van der Waals surface area contributed by atoms with Gasteiger partial charge in [0.1, 0.15) is 10.9 Å². The van der Waals surface area contributed by atoms with Gasteiger partial charge in [0.05, 0.1) is 4.70 Å². The lowest BCUT2D eigenvalue weighted by molar-refractivity contribution is -0.141. The molecule has 0 amide bonds. The lowest BCUT2D eigenvalue weighted by Gasteiger charge is -2.14. The maximum Gasteiger partial charge on any atom is 0.435 e. The molecule has 0 bridgehead atoms. The number of pyridine rings is 1. The van der Waals surface area contributed by atoms with E-state index in [4.69, 9.17) is 0 Å². The second kappa shape index (κ2) is 7.01. The Morgan fingerprint density at radius 3 is 2.66 bits per heavy atom. The predicted octanol–water partition coefficient (Wildman–Crippen LogP) is 6.05. The smallest absolute Gasteiger partial charge is 0.272 e. The molecule has 146 valence electrons. The van der Waals surface area contributed by atoms with Crippen LogP contribution in [0.1, 0.15) is 23.1 Å². The Hall–Kier alpha value is -3.18. The van der Waals surface area contributed by atoms with E-state index in [1.807, 2.05) is 6.07 Å². The van der Waals surface area contributed by atoms with Crippen LogP contribution in [-0.4, -0.2) is 14.8 Å². The zero-order chi connectivity index (χ0) is 20.8. The molecule has 4 rings (SSSR count). The van der Waals surface area contributed by atoms with Crippen molar-refractivity contribution < 1.29 is 13.2 Å². The molecule has 1 aromatic carbocycles. The SMILES string of the molecule is CCn1cc(-c2c(C)cccc2-c2cncc3sc(C#N)cc23)c(C(F)(F)F)n1. The van der Waals surface area contributed by atoms with Gasteiger partial charge in [-0.1, -0.05) is 18.2 Å². The van der Waals surface area contributed by atoms with Crippen molar-refractivity contribution >= 4 is 21.4 Å². The van der Waals surface area contributed by atoms with Crippen molar-refractivity contribution in [3.05, 3.63) is 59.0 Å². The van der Waals surface area contributed by atoms with Crippen LogP contribution in [-0.2, 0) is 12.7 Å². The van der Waals surface area contributed by atoms with Crippen molar-refractivity contribution in [2.45, 2.75) is 26.6 Å². The van der Waals surface area contributed by atoms with Crippen LogP contribution in [0.3, 0.4) is 0 Å². The zero-order valence-electron chi connectivity index (χ0n) is 15.6. The first-order valence-electron chi connectivity index (χ1n) is 8.86. The molecule has 8 heteroatoms. The van der Waals surface area contributed by atoms with E-state index in [0.29, 0.717) is 33.7 Å². The molecule has 0 spiro atoms. The molecule has 0 unspecified atom stereocenters. The second-order valence-corrected chi connectivity index (χ2v) is 7.65. The lowest BCUT2D eigenvalue weighted by Crippen LogP contribution is -2.09. The number of benzene rings is 1. The number of hydrogen-bond acceptors (Lipinski definition) is 4. The lowest BCUT2D eigenvalue weighted by atomic mass is 9.90. The van der Waals surface area contributed by atoms with Gasteiger partial charge in [-0.25, -0.2) is 0 Å². The zero-order valence-corrected chi connectivity index (χ0v) is 16.4. The van der Waals surface area contributed by atoms with Crippen molar-refractivity contribution in [1.29, 1.82) is 5.26 Å². The molecular formula is C21H15F3N4S. The second-order valence-electron chi connectivity index (χ2n) is 6.56. The number of nitriles is 1. The molecular weight excluding hydrogens is 397 g/mol. The van der Waals surface area contributed by atoms with Gasteiger partial charge >= 0.3 is 6.18 Å². The van der Waals surface area contributed by atoms with Crippen LogP contribution in [0.5, 0.6) is 0 Å². The maximum absolute atomic E-state index is 13.7. The topological polar surface area (TPSA) is 54.5 Å². The summed E-state index contributed by atoms with van der Waals surface area (Å²) in [6.07, 6.45) is 0.161. The van der Waals surface area contributed by atoms with E-state index in [0.717, 1.165) is 10.1 Å². The Bertz CT molecular complexity index is 1260. The number of hydrogen-bond donors (Lipinski definition) is 0. The van der Waals surface area contributed by atoms with Gasteiger partial charge in [0.2, 0.25) is 0 Å². The summed E-state index contributed by atoms with van der Waals surface area (Å²) in [5, 5.41) is 13.8. The number of aromatic nitrogens is 3. The number of rotatable bonds is 3. The molecule has 29 heavy (non-hydrogen) atoms. The standard InChI is InChI=1S/C21H15F3N4S/c1-3-28-11-17(20(27-28)21(22,23)24)19-12(2)5-4-6-14(19)16-9-26-10-18-15(16)7-13(8-25)29-18/h4-7,9-11H,3H2,1-2H3. The third-order valence-corrected chi connectivity index (χ3v) is 5.72. The molecule has 0 saturated heterocycles. The van der Waals surface area contributed by atoms with Gasteiger partial charge < -0.3 is 0 Å². The van der Waals surface area contributed by atoms with E-state index in [1.54, 1.807) is 44.4 Å². The normalized spacial score (nSPS) is 11.7. The first-order chi connectivity index (χ1) is 13.8. The maximum atomic E-state index is 13.7. The summed E-state index contributed by atoms with van der Waals surface area (Å²) in [5.41, 5.74) is 1.64. The fraction of sp³-hybridized carbons (Fsp3) is 0.190. The molecule has 3 aromatic heterocycles. The Labute approximate surface area is 168 Å². The summed E-state index contributed by atoms with van der Waals surface area (Å²) >= 11 is 1.31. The van der Waals surface area contributed by atoms with E-state index in [9.17, 15) is 18.4 Å². The van der Waals surface area contributed by atoms with Crippen molar-refractivity contribution in [2.24, 2.45) is 0 Å². The number of thiophene rings is 1. The van der Waals surface area contributed by atoms with Crippen LogP contribution >= 0.6 is 11.3 Å². The highest BCUT2D eigenvalue weighted by Crippen LogP contribution is 2.43. The van der Waals surface area contributed by atoms with Crippen molar-refractivity contribution in [3.63, 3.8) is 0 Å². The molecule has 0 radical (unpaired) electrons. The molecule has 0 saturated carbocycles. The molecule has 0 atom stereocenters. The van der Waals surface area contributed by atoms with Crippen LogP contribution in [0.25, 0.3) is 32.3 Å². The van der Waals surface area contributed by atoms with Gasteiger partial charge in [0, 0.05) is 41.6 Å². The Morgan fingerprint density at radius 1 is 1.17 bits per heavy atom. The first kappa shape index (κ1) is 19.2. The minimum Gasteiger partial charge on any atom is -0.272 e. The minimum atomic E-state index is -4.57. The van der Waals surface area contributed by atoms with Crippen LogP contribution < -0.4 is 0 Å². The van der Waals surface area contributed by atoms with Crippen LogP contribution in [0.4, 0.5) is 13.2 Å². The fourth-order valence-electron chi connectivity index (χ4n) is 3.46. The van der Waals surface area contributed by atoms with Gasteiger partial charge in [-0.2, -0.15) is 23.5 Å². The molecule has 3 heterocycles. The van der Waals surface area contributed by atoms with Crippen LogP contribution in [0.2, 0.25) is 0 Å². The predicted molar refractivity (Wildman–Crippen MR) is 106 cm³/mol. The molecule has 0 N–H and O–H groups in total. The molecule has 4 nitrogen and oxygen atoms in total. The van der Waals surface area contributed by atoms with Crippen molar-refractivity contribution in [2.75, 3.05) is 0 Å². The van der Waals surface area contributed by atoms with E-state index in [1.165, 1.54) is 22.2 Å². The largest absolute Gasteiger partial charge is 0.435 e. The van der Waals surface area contributed by atoms with E-state index in [2.05, 4.69) is 16.2 Å². The monoisotopic (exact) mass is 412 g/mol. The number of fused-ring (bicyclic) bond motifs is 1. The Balaban J connectivity index is 2.05. The quantitative estimate of drug-likeness (QED) is 0.412. The molecule has 4 aromatic rings. The third kappa shape index (κ3) is 3.28. The summed E-state index contributed by atoms with van der Waals surface area (Å²) in [6, 6.07) is 9.25. The number of nitrogens with zero attached hydrogens (tertiary/aromatic N) is 4. The highest BCUT2D eigenvalue weighted by molar-refractivity contribution is 7.19. The number of halogens is 3. The molecule has 0 aliphatic rings. The van der Waals surface area contributed by atoms with Gasteiger partial charge in [0.15, 0.2) is 5.69 Å². The van der Waals surface area contributed by atoms with E-state index < -0.39 is 11.9 Å². The first-order valence-corrected chi connectivity index (χ1v) is 9.67. The average molecular weight is 412 g/mol. The van der Waals surface area contributed by atoms with Gasteiger partial charge in [0.25, 0.3) is 0 Å². The Morgan fingerprint density at radius 2 is 1.97 bits per heavy atom. The minimum absolute atomic E-state index is 0.0418. The van der Waals surface area contributed by atoms with Crippen molar-refractivity contribution in [1.82, 2.24) is 14.8 Å². The summed E-state index contributed by atoms with van der Waals surface area (Å²) in [7, 11) is 0. The van der Waals surface area contributed by atoms with Gasteiger partial charge in [-0.3, -0.25) is 9.67 Å². The van der Waals surface area contributed by atoms with Gasteiger partial charge in [-0.05, 0) is 36.6 Å². The Kier molecular flexibility index (Phi) is 4.63. The number of aryl methyl sites for hydroxylation is 2. The van der Waals surface area contributed by atoms with Crippen LogP contribution in [0, 0.1) is 18.3 Å². The molecule has 0 fully saturated rings. The summed E-state index contributed by atoms with van der Waals surface area (Å²) in [4.78, 5) is 4.78. The van der Waals surface area contributed by atoms with Crippen molar-refractivity contribution in [3.8, 4) is 28.3 Å². The summed E-state index contributed by atoms with van der Waals surface area (Å²) < 4.78 is 43.3. The van der Waals surface area contributed by atoms with E-state index in [-0.39, 0.29) is 5.56 Å². The van der Waals surface area contributed by atoms with Gasteiger partial charge in [-0.15, -0.1) is 11.3 Å². The average Bonchev–Trinajstić information content (AvgIpc) is 3.31. The highest BCUT2D eigenvalue weighted by atomic mass is 32.1. The number of alkyl halides is 3. The fourth-order valence-corrected chi connectivity index (χ4v) is 4.31. The summed E-state index contributed by atoms with van der Waals surface area (Å²) in [5.74, 6) is 0. The highest BCUT2D eigenvalue weighted by Gasteiger charge is 2.38. The third-order valence-electron chi connectivity index (χ3n) is 4.74. The molecule has 0 aliphatic carbocycles. The van der Waals surface area contributed by atoms with Crippen LogP contribution in [0.15, 0.2) is 42.9 Å². The van der Waals surface area contributed by atoms with E-state index >= 15 is 0 Å².